The first kappa shape index (κ1) is 13.9. The molecule has 0 radical (unpaired) electrons. The fraction of sp³-hybridized carbons (Fsp3) is 0.368. The Kier molecular flexibility index (Phi) is 3.47. The summed E-state index contributed by atoms with van der Waals surface area (Å²) in [6.45, 7) is 0.960. The summed E-state index contributed by atoms with van der Waals surface area (Å²) >= 11 is 0. The summed E-state index contributed by atoms with van der Waals surface area (Å²) in [6.07, 6.45) is 2.36. The highest BCUT2D eigenvalue weighted by Gasteiger charge is 2.51. The fourth-order valence-corrected chi connectivity index (χ4v) is 4.37. The van der Waals surface area contributed by atoms with E-state index in [0.29, 0.717) is 18.0 Å². The summed E-state index contributed by atoms with van der Waals surface area (Å²) in [5.74, 6) is 0.143. The lowest BCUT2D eigenvalue weighted by Crippen LogP contribution is -2.39. The largest absolute Gasteiger partial charge is 0.326 e. The van der Waals surface area contributed by atoms with Crippen molar-refractivity contribution in [3.05, 3.63) is 71.5 Å². The minimum Gasteiger partial charge on any atom is -0.326 e. The molecule has 2 nitrogen and oxygen atoms in total. The van der Waals surface area contributed by atoms with Gasteiger partial charge in [-0.1, -0.05) is 42.5 Å². The third kappa shape index (κ3) is 2.25. The van der Waals surface area contributed by atoms with Gasteiger partial charge in [-0.2, -0.15) is 0 Å². The van der Waals surface area contributed by atoms with Gasteiger partial charge in [0, 0.05) is 30.6 Å². The number of hydrogen-bond donors (Lipinski definition) is 1. The molecule has 0 amide bonds. The fourth-order valence-electron chi connectivity index (χ4n) is 4.37. The molecule has 114 valence electrons. The Balaban J connectivity index is 1.60. The lowest BCUT2D eigenvalue weighted by Gasteiger charge is -2.26. The van der Waals surface area contributed by atoms with Crippen LogP contribution < -0.4 is 5.73 Å². The van der Waals surface area contributed by atoms with Crippen molar-refractivity contribution in [2.24, 2.45) is 5.73 Å². The lowest BCUT2D eigenvalue weighted by molar-refractivity contribution is 0.236. The maximum absolute atomic E-state index is 13.2. The highest BCUT2D eigenvalue weighted by Crippen LogP contribution is 2.46. The summed E-state index contributed by atoms with van der Waals surface area (Å²) in [5.41, 5.74) is 9.06. The number of rotatable bonds is 3. The standard InChI is InChI=1S/C19H21FN2/c20-15-8-6-14(7-9-15)18-16-10-11-17(19(18)21)22(16)12-13-4-2-1-3-5-13/h1-9,16-19H,10-12,21H2/t16-,17-,18+,19+/m1/s1. The first-order valence-electron chi connectivity index (χ1n) is 8.05. The van der Waals surface area contributed by atoms with Crippen molar-refractivity contribution in [1.29, 1.82) is 0 Å². The van der Waals surface area contributed by atoms with Crippen LogP contribution in [0.3, 0.4) is 0 Å². The third-order valence-corrected chi connectivity index (χ3v) is 5.35. The van der Waals surface area contributed by atoms with Gasteiger partial charge in [0.25, 0.3) is 0 Å². The van der Waals surface area contributed by atoms with Crippen LogP contribution in [0.15, 0.2) is 54.6 Å². The highest BCUT2D eigenvalue weighted by molar-refractivity contribution is 5.30. The average Bonchev–Trinajstić information content (AvgIpc) is 3.04. The Morgan fingerprint density at radius 1 is 0.955 bits per heavy atom. The van der Waals surface area contributed by atoms with Crippen molar-refractivity contribution < 1.29 is 4.39 Å². The molecule has 2 N–H and O–H groups in total. The van der Waals surface area contributed by atoms with Crippen molar-refractivity contribution in [1.82, 2.24) is 4.90 Å². The molecule has 2 aliphatic heterocycles. The number of halogens is 1. The molecule has 0 aliphatic carbocycles. The minimum atomic E-state index is -0.179. The normalized spacial score (nSPS) is 30.8. The zero-order chi connectivity index (χ0) is 15.1. The molecule has 4 atom stereocenters. The van der Waals surface area contributed by atoms with E-state index in [1.165, 1.54) is 24.0 Å². The van der Waals surface area contributed by atoms with Gasteiger partial charge >= 0.3 is 0 Å². The SMILES string of the molecule is N[C@@H]1[C@@H](c2ccc(F)cc2)[C@H]2CC[C@H]1N2Cc1ccccc1. The van der Waals surface area contributed by atoms with Crippen LogP contribution in [0.5, 0.6) is 0 Å². The Bertz CT molecular complexity index is 640. The van der Waals surface area contributed by atoms with Gasteiger partial charge in [0.1, 0.15) is 5.82 Å². The summed E-state index contributed by atoms with van der Waals surface area (Å²) in [7, 11) is 0. The van der Waals surface area contributed by atoms with Gasteiger partial charge in [-0.25, -0.2) is 4.39 Å². The molecule has 2 heterocycles. The van der Waals surface area contributed by atoms with Gasteiger partial charge in [-0.15, -0.1) is 0 Å². The van der Waals surface area contributed by atoms with Crippen LogP contribution in [0, 0.1) is 5.82 Å². The van der Waals surface area contributed by atoms with Crippen molar-refractivity contribution in [2.75, 3.05) is 0 Å². The van der Waals surface area contributed by atoms with E-state index in [0.717, 1.165) is 6.54 Å². The Morgan fingerprint density at radius 2 is 1.64 bits per heavy atom. The predicted octanol–water partition coefficient (Wildman–Crippen LogP) is 3.28. The Labute approximate surface area is 130 Å². The maximum atomic E-state index is 13.2. The molecule has 0 unspecified atom stereocenters. The number of nitrogens with zero attached hydrogens (tertiary/aromatic N) is 1. The van der Waals surface area contributed by atoms with Crippen molar-refractivity contribution >= 4 is 0 Å². The second kappa shape index (κ2) is 5.49. The molecule has 0 saturated carbocycles. The molecule has 3 heteroatoms. The average molecular weight is 296 g/mol. The lowest BCUT2D eigenvalue weighted by atomic mass is 9.80. The van der Waals surface area contributed by atoms with E-state index in [1.807, 2.05) is 12.1 Å². The van der Waals surface area contributed by atoms with E-state index < -0.39 is 0 Å². The van der Waals surface area contributed by atoms with E-state index >= 15 is 0 Å². The highest BCUT2D eigenvalue weighted by atomic mass is 19.1. The summed E-state index contributed by atoms with van der Waals surface area (Å²) < 4.78 is 13.2. The van der Waals surface area contributed by atoms with Gasteiger partial charge in [-0.3, -0.25) is 4.90 Å². The first-order chi connectivity index (χ1) is 10.7. The molecule has 0 spiro atoms. The van der Waals surface area contributed by atoms with Crippen LogP contribution in [-0.2, 0) is 6.54 Å². The van der Waals surface area contributed by atoms with Crippen LogP contribution in [0.2, 0.25) is 0 Å². The number of benzene rings is 2. The Morgan fingerprint density at radius 3 is 2.36 bits per heavy atom. The third-order valence-electron chi connectivity index (χ3n) is 5.35. The monoisotopic (exact) mass is 296 g/mol. The van der Waals surface area contributed by atoms with Crippen molar-refractivity contribution in [3.63, 3.8) is 0 Å². The van der Waals surface area contributed by atoms with Crippen LogP contribution in [0.25, 0.3) is 0 Å². The van der Waals surface area contributed by atoms with Gasteiger partial charge in [0.2, 0.25) is 0 Å². The van der Waals surface area contributed by atoms with Crippen LogP contribution in [0.1, 0.15) is 29.9 Å². The summed E-state index contributed by atoms with van der Waals surface area (Å²) in [6, 6.07) is 18.6. The predicted molar refractivity (Wildman–Crippen MR) is 85.9 cm³/mol. The maximum Gasteiger partial charge on any atom is 0.123 e. The van der Waals surface area contributed by atoms with Gasteiger partial charge in [0.15, 0.2) is 0 Å². The topological polar surface area (TPSA) is 29.3 Å². The number of fused-ring (bicyclic) bond motifs is 2. The molecule has 4 rings (SSSR count). The van der Waals surface area contributed by atoms with E-state index in [1.54, 1.807) is 12.1 Å². The van der Waals surface area contributed by atoms with Crippen molar-refractivity contribution in [3.8, 4) is 0 Å². The quantitative estimate of drug-likeness (QED) is 0.942. The van der Waals surface area contributed by atoms with Crippen LogP contribution >= 0.6 is 0 Å². The summed E-state index contributed by atoms with van der Waals surface area (Å²) in [5, 5.41) is 0. The van der Waals surface area contributed by atoms with E-state index in [-0.39, 0.29) is 11.9 Å². The van der Waals surface area contributed by atoms with Crippen LogP contribution in [-0.4, -0.2) is 23.0 Å². The number of nitrogens with two attached hydrogens (primary N) is 1. The molecule has 2 bridgehead atoms. The van der Waals surface area contributed by atoms with Gasteiger partial charge in [-0.05, 0) is 36.1 Å². The molecule has 2 aromatic carbocycles. The number of hydrogen-bond acceptors (Lipinski definition) is 2. The second-order valence-corrected chi connectivity index (χ2v) is 6.52. The van der Waals surface area contributed by atoms with Gasteiger partial charge < -0.3 is 5.73 Å². The van der Waals surface area contributed by atoms with Gasteiger partial charge in [0.05, 0.1) is 0 Å². The smallest absolute Gasteiger partial charge is 0.123 e. The zero-order valence-electron chi connectivity index (χ0n) is 12.5. The zero-order valence-corrected chi connectivity index (χ0v) is 12.5. The molecular weight excluding hydrogens is 275 g/mol. The summed E-state index contributed by atoms with van der Waals surface area (Å²) in [4.78, 5) is 2.56. The van der Waals surface area contributed by atoms with Crippen LogP contribution in [0.4, 0.5) is 4.39 Å². The molecule has 2 aliphatic rings. The first-order valence-corrected chi connectivity index (χ1v) is 8.05. The molecule has 2 aromatic rings. The molecule has 2 saturated heterocycles. The van der Waals surface area contributed by atoms with Crippen molar-refractivity contribution in [2.45, 2.75) is 43.4 Å². The van der Waals surface area contributed by atoms with E-state index in [9.17, 15) is 4.39 Å². The van der Waals surface area contributed by atoms with E-state index in [2.05, 4.69) is 35.2 Å². The minimum absolute atomic E-state index is 0.146. The van der Waals surface area contributed by atoms with E-state index in [4.69, 9.17) is 5.73 Å². The second-order valence-electron chi connectivity index (χ2n) is 6.52. The molecule has 0 aromatic heterocycles. The molecule has 2 fully saturated rings. The Hall–Kier alpha value is -1.71. The molecular formula is C19H21FN2. The molecule has 22 heavy (non-hydrogen) atoms.